The molecule has 5 heteroatoms. The summed E-state index contributed by atoms with van der Waals surface area (Å²) in [7, 11) is 3.07. The largest absolute Gasteiger partial charge is 0.464 e. The second-order valence-electron chi connectivity index (χ2n) is 3.04. The quantitative estimate of drug-likeness (QED) is 0.709. The van der Waals surface area contributed by atoms with Crippen molar-refractivity contribution in [3.8, 4) is 11.5 Å². The van der Waals surface area contributed by atoms with Crippen LogP contribution in [-0.4, -0.2) is 32.9 Å². The number of ether oxygens (including phenoxy) is 4. The van der Waals surface area contributed by atoms with Crippen LogP contribution in [0.15, 0.2) is 18.2 Å². The Kier molecular flexibility index (Phi) is 5.63. The molecule has 5 nitrogen and oxygen atoms in total. The number of aliphatic hydroxyl groups excluding tert-OH is 1. The summed E-state index contributed by atoms with van der Waals surface area (Å²) in [6.45, 7) is 0.216. The van der Waals surface area contributed by atoms with Crippen LogP contribution in [0.25, 0.3) is 0 Å². The van der Waals surface area contributed by atoms with Gasteiger partial charge in [0, 0.05) is 14.2 Å². The molecular weight excluding hydrogens is 212 g/mol. The zero-order valence-electron chi connectivity index (χ0n) is 9.43. The molecule has 0 bridgehead atoms. The number of benzene rings is 1. The fourth-order valence-electron chi connectivity index (χ4n) is 1.13. The highest BCUT2D eigenvalue weighted by molar-refractivity contribution is 5.42. The van der Waals surface area contributed by atoms with Gasteiger partial charge in [0.1, 0.15) is 0 Å². The van der Waals surface area contributed by atoms with Crippen LogP contribution in [-0.2, 0) is 16.1 Å². The summed E-state index contributed by atoms with van der Waals surface area (Å²) in [6.07, 6.45) is 0. The summed E-state index contributed by atoms with van der Waals surface area (Å²) in [4.78, 5) is 0. The zero-order valence-corrected chi connectivity index (χ0v) is 9.43. The van der Waals surface area contributed by atoms with Gasteiger partial charge in [0.15, 0.2) is 25.1 Å². The van der Waals surface area contributed by atoms with Crippen molar-refractivity contribution in [3.63, 3.8) is 0 Å². The third kappa shape index (κ3) is 3.69. The number of aliphatic hydroxyl groups is 1. The second-order valence-corrected chi connectivity index (χ2v) is 3.04. The van der Waals surface area contributed by atoms with Gasteiger partial charge < -0.3 is 24.1 Å². The number of rotatable bonds is 7. The maximum Gasteiger partial charge on any atom is 0.188 e. The molecule has 0 heterocycles. The van der Waals surface area contributed by atoms with Gasteiger partial charge in [0.05, 0.1) is 6.61 Å². The highest BCUT2D eigenvalue weighted by atomic mass is 16.7. The van der Waals surface area contributed by atoms with Gasteiger partial charge in [-0.25, -0.2) is 0 Å². The zero-order chi connectivity index (χ0) is 11.8. The van der Waals surface area contributed by atoms with Crippen molar-refractivity contribution < 1.29 is 24.1 Å². The van der Waals surface area contributed by atoms with Crippen molar-refractivity contribution in [2.45, 2.75) is 6.61 Å². The van der Waals surface area contributed by atoms with Crippen LogP contribution in [0.2, 0.25) is 0 Å². The molecule has 0 aliphatic heterocycles. The van der Waals surface area contributed by atoms with Crippen molar-refractivity contribution in [1.82, 2.24) is 0 Å². The third-order valence-corrected chi connectivity index (χ3v) is 1.86. The molecule has 0 saturated heterocycles. The van der Waals surface area contributed by atoms with Crippen molar-refractivity contribution in [3.05, 3.63) is 23.8 Å². The fourth-order valence-corrected chi connectivity index (χ4v) is 1.13. The van der Waals surface area contributed by atoms with E-state index < -0.39 is 0 Å². The molecule has 0 fully saturated rings. The average molecular weight is 228 g/mol. The van der Waals surface area contributed by atoms with E-state index in [2.05, 4.69) is 0 Å². The molecule has 1 rings (SSSR count). The Balaban J connectivity index is 2.78. The predicted molar refractivity (Wildman–Crippen MR) is 57.4 cm³/mol. The maximum atomic E-state index is 9.00. The first kappa shape index (κ1) is 12.8. The van der Waals surface area contributed by atoms with Gasteiger partial charge in [-0.3, -0.25) is 0 Å². The molecule has 0 spiro atoms. The molecule has 1 N–H and O–H groups in total. The van der Waals surface area contributed by atoms with Crippen LogP contribution in [0.4, 0.5) is 0 Å². The molecule has 0 aliphatic rings. The van der Waals surface area contributed by atoms with Gasteiger partial charge in [-0.2, -0.15) is 0 Å². The first-order chi connectivity index (χ1) is 7.81. The van der Waals surface area contributed by atoms with Crippen LogP contribution in [0.1, 0.15) is 5.56 Å². The second kappa shape index (κ2) is 7.05. The van der Waals surface area contributed by atoms with E-state index in [1.165, 1.54) is 14.2 Å². The van der Waals surface area contributed by atoms with E-state index >= 15 is 0 Å². The Hall–Kier alpha value is -1.30. The first-order valence-electron chi connectivity index (χ1n) is 4.79. The molecule has 0 atom stereocenters. The summed E-state index contributed by atoms with van der Waals surface area (Å²) in [6, 6.07) is 5.17. The molecule has 0 saturated carbocycles. The molecule has 0 radical (unpaired) electrons. The minimum Gasteiger partial charge on any atom is -0.464 e. The smallest absolute Gasteiger partial charge is 0.188 e. The standard InChI is InChI=1S/C11H16O5/c1-13-7-15-10-4-3-9(6-12)5-11(10)16-8-14-2/h3-5,12H,6-8H2,1-2H3. The molecule has 1 aromatic rings. The Morgan fingerprint density at radius 2 is 1.62 bits per heavy atom. The normalized spacial score (nSPS) is 10.2. The Morgan fingerprint density at radius 1 is 1.00 bits per heavy atom. The minimum absolute atomic E-state index is 0.0477. The molecular formula is C11H16O5. The van der Waals surface area contributed by atoms with Gasteiger partial charge in [0.2, 0.25) is 0 Å². The lowest BCUT2D eigenvalue weighted by molar-refractivity contribution is 0.0321. The molecule has 0 aromatic heterocycles. The van der Waals surface area contributed by atoms with Crippen molar-refractivity contribution >= 4 is 0 Å². The topological polar surface area (TPSA) is 57.2 Å². The van der Waals surface area contributed by atoms with Crippen LogP contribution < -0.4 is 9.47 Å². The SMILES string of the molecule is COCOc1ccc(CO)cc1OCOC. The molecule has 0 unspecified atom stereocenters. The number of hydrogen-bond acceptors (Lipinski definition) is 5. The summed E-state index contributed by atoms with van der Waals surface area (Å²) >= 11 is 0. The monoisotopic (exact) mass is 228 g/mol. The van der Waals surface area contributed by atoms with E-state index in [4.69, 9.17) is 24.1 Å². The van der Waals surface area contributed by atoms with Gasteiger partial charge in [-0.05, 0) is 17.7 Å². The Morgan fingerprint density at radius 3 is 2.19 bits per heavy atom. The number of hydrogen-bond donors (Lipinski definition) is 1. The highest BCUT2D eigenvalue weighted by Crippen LogP contribution is 2.28. The van der Waals surface area contributed by atoms with Crippen LogP contribution in [0.3, 0.4) is 0 Å². The van der Waals surface area contributed by atoms with Gasteiger partial charge >= 0.3 is 0 Å². The van der Waals surface area contributed by atoms with E-state index in [0.29, 0.717) is 11.5 Å². The fraction of sp³-hybridized carbons (Fsp3) is 0.455. The maximum absolute atomic E-state index is 9.00. The predicted octanol–water partition coefficient (Wildman–Crippen LogP) is 1.14. The summed E-state index contributed by atoms with van der Waals surface area (Å²) in [5.41, 5.74) is 0.746. The average Bonchev–Trinajstić information content (AvgIpc) is 2.34. The van der Waals surface area contributed by atoms with Crippen molar-refractivity contribution in [2.75, 3.05) is 27.8 Å². The van der Waals surface area contributed by atoms with E-state index in [1.54, 1.807) is 18.2 Å². The van der Waals surface area contributed by atoms with E-state index in [9.17, 15) is 0 Å². The lowest BCUT2D eigenvalue weighted by Gasteiger charge is -2.12. The Labute approximate surface area is 94.5 Å². The first-order valence-corrected chi connectivity index (χ1v) is 4.79. The van der Waals surface area contributed by atoms with Gasteiger partial charge in [-0.1, -0.05) is 6.07 Å². The number of methoxy groups -OCH3 is 2. The van der Waals surface area contributed by atoms with E-state index in [0.717, 1.165) is 5.56 Å². The summed E-state index contributed by atoms with van der Waals surface area (Å²) in [5.74, 6) is 1.07. The van der Waals surface area contributed by atoms with Gasteiger partial charge in [-0.15, -0.1) is 0 Å². The Bertz CT molecular complexity index is 313. The van der Waals surface area contributed by atoms with Crippen LogP contribution in [0.5, 0.6) is 11.5 Å². The van der Waals surface area contributed by atoms with Crippen molar-refractivity contribution in [2.24, 2.45) is 0 Å². The van der Waals surface area contributed by atoms with Crippen LogP contribution >= 0.6 is 0 Å². The van der Waals surface area contributed by atoms with E-state index in [-0.39, 0.29) is 20.2 Å². The lowest BCUT2D eigenvalue weighted by Crippen LogP contribution is -2.04. The molecule has 0 aliphatic carbocycles. The minimum atomic E-state index is -0.0477. The third-order valence-electron chi connectivity index (χ3n) is 1.86. The molecule has 0 amide bonds. The van der Waals surface area contributed by atoms with E-state index in [1.807, 2.05) is 0 Å². The van der Waals surface area contributed by atoms with Crippen LogP contribution in [0, 0.1) is 0 Å². The molecule has 1 aromatic carbocycles. The summed E-state index contributed by atoms with van der Waals surface area (Å²) in [5, 5.41) is 9.00. The summed E-state index contributed by atoms with van der Waals surface area (Å²) < 4.78 is 20.2. The van der Waals surface area contributed by atoms with Gasteiger partial charge in [0.25, 0.3) is 0 Å². The molecule has 90 valence electrons. The lowest BCUT2D eigenvalue weighted by atomic mass is 10.2. The highest BCUT2D eigenvalue weighted by Gasteiger charge is 2.06. The van der Waals surface area contributed by atoms with Crippen molar-refractivity contribution in [1.29, 1.82) is 0 Å². The molecule has 16 heavy (non-hydrogen) atoms.